The van der Waals surface area contributed by atoms with Crippen LogP contribution in [-0.2, 0) is 17.5 Å². The Bertz CT molecular complexity index is 1510. The van der Waals surface area contributed by atoms with Gasteiger partial charge in [-0.25, -0.2) is 0 Å². The van der Waals surface area contributed by atoms with Gasteiger partial charge in [-0.2, -0.15) is 17.9 Å². The Morgan fingerprint density at radius 1 is 1.00 bits per heavy atom. The van der Waals surface area contributed by atoms with Crippen LogP contribution in [-0.4, -0.2) is 74.2 Å². The van der Waals surface area contributed by atoms with Crippen LogP contribution in [0.1, 0.15) is 41.3 Å². The minimum Gasteiger partial charge on any atom is -0.483 e. The number of tetrazole rings is 1. The number of fused-ring (bicyclic) bond motifs is 1. The Balaban J connectivity index is 1.35. The van der Waals surface area contributed by atoms with Gasteiger partial charge >= 0.3 is 6.18 Å². The number of carbonyl (C=O) groups is 1. The van der Waals surface area contributed by atoms with Crippen molar-refractivity contribution in [2.75, 3.05) is 26.2 Å². The number of aromatic nitrogens is 4. The molecule has 4 aromatic rings. The first-order valence-corrected chi connectivity index (χ1v) is 14.3. The molecule has 0 spiro atoms. The van der Waals surface area contributed by atoms with Crippen molar-refractivity contribution in [2.45, 2.75) is 43.6 Å². The zero-order chi connectivity index (χ0) is 30.0. The third kappa shape index (κ3) is 6.25. The number of primary amides is 1. The number of hydrogen-bond donors (Lipinski definition) is 1. The van der Waals surface area contributed by atoms with E-state index >= 15 is 0 Å². The molecular weight excluding hydrogens is 559 g/mol. The molecule has 6 rings (SSSR count). The Labute approximate surface area is 247 Å². The van der Waals surface area contributed by atoms with Crippen LogP contribution in [0, 0.1) is 0 Å². The molecule has 2 saturated heterocycles. The van der Waals surface area contributed by atoms with Gasteiger partial charge in [0.1, 0.15) is 5.75 Å². The third-order valence-electron chi connectivity index (χ3n) is 8.24. The van der Waals surface area contributed by atoms with Crippen molar-refractivity contribution in [1.29, 1.82) is 0 Å². The topological polar surface area (TPSA) is 102 Å². The van der Waals surface area contributed by atoms with Gasteiger partial charge in [-0.05, 0) is 59.1 Å². The maximum atomic E-state index is 13.6. The van der Waals surface area contributed by atoms with Crippen LogP contribution in [0.25, 0.3) is 5.69 Å². The summed E-state index contributed by atoms with van der Waals surface area (Å²) in [7, 11) is 0. The Hall–Kier alpha value is -4.29. The number of hydrogen-bond acceptors (Lipinski definition) is 7. The first-order valence-electron chi connectivity index (χ1n) is 14.3. The predicted molar refractivity (Wildman–Crippen MR) is 152 cm³/mol. The normalized spacial score (nSPS) is 19.4. The summed E-state index contributed by atoms with van der Waals surface area (Å²) in [4.78, 5) is 16.5. The summed E-state index contributed by atoms with van der Waals surface area (Å²) in [6, 6.07) is 26.1. The quantitative estimate of drug-likeness (QED) is 0.314. The molecule has 43 heavy (non-hydrogen) atoms. The average molecular weight is 592 g/mol. The van der Waals surface area contributed by atoms with Crippen LogP contribution in [0.15, 0.2) is 78.9 Å². The number of nitrogens with two attached hydrogens (primary N) is 1. The summed E-state index contributed by atoms with van der Waals surface area (Å²) in [6.07, 6.45) is -2.57. The molecule has 0 aliphatic carbocycles. The lowest BCUT2D eigenvalue weighted by molar-refractivity contribution is -0.146. The largest absolute Gasteiger partial charge is 0.483 e. The van der Waals surface area contributed by atoms with E-state index in [1.807, 2.05) is 12.1 Å². The number of nitrogens with zero attached hydrogens (tertiary/aromatic N) is 6. The van der Waals surface area contributed by atoms with Gasteiger partial charge in [0.05, 0.1) is 5.69 Å². The van der Waals surface area contributed by atoms with Gasteiger partial charge in [0.2, 0.25) is 0 Å². The minimum atomic E-state index is -4.74. The molecule has 2 N–H and O–H groups in total. The maximum Gasteiger partial charge on any atom is 0.453 e. The number of rotatable bonds is 9. The number of amides is 1. The second kappa shape index (κ2) is 12.1. The first kappa shape index (κ1) is 28.8. The molecule has 2 atom stereocenters. The van der Waals surface area contributed by atoms with Gasteiger partial charge in [-0.1, -0.05) is 60.7 Å². The van der Waals surface area contributed by atoms with Crippen molar-refractivity contribution in [3.05, 3.63) is 101 Å². The summed E-state index contributed by atoms with van der Waals surface area (Å²) in [5, 5.41) is 10.0. The fourth-order valence-corrected chi connectivity index (χ4v) is 6.51. The third-order valence-corrected chi connectivity index (χ3v) is 8.24. The smallest absolute Gasteiger partial charge is 0.453 e. The number of benzene rings is 3. The highest BCUT2D eigenvalue weighted by molar-refractivity contribution is 5.75. The highest BCUT2D eigenvalue weighted by Gasteiger charge is 2.42. The molecule has 9 nitrogen and oxygen atoms in total. The summed E-state index contributed by atoms with van der Waals surface area (Å²) in [5.74, 6) is -1.38. The molecule has 2 aliphatic heterocycles. The minimum absolute atomic E-state index is 0.123. The molecule has 2 aliphatic rings. The van der Waals surface area contributed by atoms with E-state index in [0.29, 0.717) is 28.6 Å². The molecular formula is C31H32F3N7O2. The molecule has 0 unspecified atom stereocenters. The van der Waals surface area contributed by atoms with Gasteiger partial charge in [0.15, 0.2) is 6.61 Å². The second-order valence-electron chi connectivity index (χ2n) is 11.1. The fraction of sp³-hybridized carbons (Fsp3) is 0.355. The zero-order valence-corrected chi connectivity index (χ0v) is 23.4. The van der Waals surface area contributed by atoms with E-state index in [9.17, 15) is 18.0 Å². The van der Waals surface area contributed by atoms with Crippen molar-refractivity contribution in [2.24, 2.45) is 5.73 Å². The highest BCUT2D eigenvalue weighted by Crippen LogP contribution is 2.38. The number of carbonyl (C=O) groups excluding carboxylic acids is 1. The molecule has 0 saturated carbocycles. The fourth-order valence-electron chi connectivity index (χ4n) is 6.51. The first-order chi connectivity index (χ1) is 20.8. The number of halogens is 3. The van der Waals surface area contributed by atoms with E-state index in [1.165, 1.54) is 23.3 Å². The molecule has 3 heterocycles. The molecule has 0 radical (unpaired) electrons. The lowest BCUT2D eigenvalue weighted by Crippen LogP contribution is -2.57. The number of alkyl halides is 3. The Morgan fingerprint density at radius 2 is 1.70 bits per heavy atom. The number of piperazine rings is 1. The van der Waals surface area contributed by atoms with Crippen LogP contribution >= 0.6 is 0 Å². The summed E-state index contributed by atoms with van der Waals surface area (Å²) in [5.41, 5.74) is 8.56. The van der Waals surface area contributed by atoms with Crippen LogP contribution < -0.4 is 10.5 Å². The van der Waals surface area contributed by atoms with E-state index in [-0.39, 0.29) is 24.3 Å². The van der Waals surface area contributed by atoms with Crippen molar-refractivity contribution < 1.29 is 22.7 Å². The van der Waals surface area contributed by atoms with E-state index in [1.54, 1.807) is 6.07 Å². The van der Waals surface area contributed by atoms with Crippen molar-refractivity contribution in [3.8, 4) is 11.4 Å². The summed E-state index contributed by atoms with van der Waals surface area (Å²) >= 11 is 0. The van der Waals surface area contributed by atoms with Crippen LogP contribution in [0.3, 0.4) is 0 Å². The lowest BCUT2D eigenvalue weighted by atomic mass is 9.82. The second-order valence-corrected chi connectivity index (χ2v) is 11.1. The molecule has 0 bridgehead atoms. The van der Waals surface area contributed by atoms with Crippen molar-refractivity contribution in [3.63, 3.8) is 0 Å². The van der Waals surface area contributed by atoms with Gasteiger partial charge in [-0.15, -0.1) is 5.10 Å². The van der Waals surface area contributed by atoms with Gasteiger partial charge in [0.25, 0.3) is 11.7 Å². The van der Waals surface area contributed by atoms with Crippen LogP contribution in [0.2, 0.25) is 0 Å². The monoisotopic (exact) mass is 591 g/mol. The molecule has 12 heteroatoms. The molecule has 1 aromatic heterocycles. The predicted octanol–water partition coefficient (Wildman–Crippen LogP) is 4.03. The SMILES string of the molecule is NC(=O)COc1ccc(-n2nnnc2C(F)(F)F)cc1CN1C[C@@H]2CCCN2[C@H](C(c2ccccc2)c2ccccc2)C1. The van der Waals surface area contributed by atoms with E-state index in [2.05, 4.69) is 73.9 Å². The van der Waals surface area contributed by atoms with E-state index in [4.69, 9.17) is 10.5 Å². The van der Waals surface area contributed by atoms with Crippen LogP contribution in [0.4, 0.5) is 13.2 Å². The number of ether oxygens (including phenoxy) is 1. The van der Waals surface area contributed by atoms with E-state index < -0.39 is 17.9 Å². The standard InChI is InChI=1S/C31H32F3N7O2/c32-31(33,34)30-36-37-38-41(30)24-13-14-27(43-20-28(35)42)23(16-24)17-39-18-25-12-7-15-40(25)26(19-39)29(21-8-3-1-4-9-21)22-10-5-2-6-11-22/h1-6,8-11,13-14,16,25-26,29H,7,12,15,17-20H2,(H2,35,42)/t25-,26-/m0/s1. The molecule has 3 aromatic carbocycles. The molecule has 2 fully saturated rings. The lowest BCUT2D eigenvalue weighted by Gasteiger charge is -2.47. The van der Waals surface area contributed by atoms with Gasteiger partial charge in [-0.3, -0.25) is 14.6 Å². The summed E-state index contributed by atoms with van der Waals surface area (Å²) in [6.45, 7) is 2.58. The Morgan fingerprint density at radius 3 is 2.35 bits per heavy atom. The summed E-state index contributed by atoms with van der Waals surface area (Å²) < 4.78 is 47.2. The van der Waals surface area contributed by atoms with Gasteiger partial charge in [0, 0.05) is 43.2 Å². The van der Waals surface area contributed by atoms with Crippen molar-refractivity contribution >= 4 is 5.91 Å². The zero-order valence-electron chi connectivity index (χ0n) is 23.4. The highest BCUT2D eigenvalue weighted by atomic mass is 19.4. The average Bonchev–Trinajstić information content (AvgIpc) is 3.68. The molecule has 224 valence electrons. The van der Waals surface area contributed by atoms with Crippen LogP contribution in [0.5, 0.6) is 5.75 Å². The maximum absolute atomic E-state index is 13.6. The Kier molecular flexibility index (Phi) is 8.13. The van der Waals surface area contributed by atoms with Crippen molar-refractivity contribution in [1.82, 2.24) is 30.0 Å². The van der Waals surface area contributed by atoms with Gasteiger partial charge < -0.3 is 10.5 Å². The molecule has 1 amide bonds. The van der Waals surface area contributed by atoms with E-state index in [0.717, 1.165) is 32.5 Å².